The van der Waals surface area contributed by atoms with Crippen LogP contribution < -0.4 is 0 Å². The lowest BCUT2D eigenvalue weighted by Crippen LogP contribution is -2.45. The average Bonchev–Trinajstić information content (AvgIpc) is 2.68. The minimum Gasteiger partial charge on any atom is -0.285 e. The van der Waals surface area contributed by atoms with Gasteiger partial charge >= 0.3 is 0 Å². The molecular weight excluding hydrogens is 217 g/mol. The number of nitrogens with zero attached hydrogens (tertiary/aromatic N) is 2. The van der Waals surface area contributed by atoms with E-state index < -0.39 is 0 Å². The smallest absolute Gasteiger partial charge is 0.143 e. The third kappa shape index (κ3) is 1.82. The van der Waals surface area contributed by atoms with Gasteiger partial charge in [0.1, 0.15) is 11.7 Å². The number of nitrogens with one attached hydrogen (secondary N) is 1. The van der Waals surface area contributed by atoms with Gasteiger partial charge in [0.15, 0.2) is 0 Å². The molecule has 2 heterocycles. The zero-order valence-electron chi connectivity index (χ0n) is 9.75. The van der Waals surface area contributed by atoms with E-state index in [1.165, 1.54) is 31.4 Å². The molecule has 3 nitrogen and oxygen atoms in total. The molecule has 17 heavy (non-hydrogen) atoms. The summed E-state index contributed by atoms with van der Waals surface area (Å²) in [6, 6.07) is 4.75. The van der Waals surface area contributed by atoms with Crippen molar-refractivity contribution in [3.8, 4) is 0 Å². The molecule has 0 aliphatic carbocycles. The van der Waals surface area contributed by atoms with Crippen molar-refractivity contribution in [2.75, 3.05) is 13.1 Å². The summed E-state index contributed by atoms with van der Waals surface area (Å²) in [6.07, 6.45) is 3.65. The van der Waals surface area contributed by atoms with Gasteiger partial charge in [0, 0.05) is 18.7 Å². The Morgan fingerprint density at radius 2 is 1.88 bits per heavy atom. The van der Waals surface area contributed by atoms with E-state index >= 15 is 0 Å². The highest BCUT2D eigenvalue weighted by Crippen LogP contribution is 2.26. The summed E-state index contributed by atoms with van der Waals surface area (Å²) >= 11 is 0. The standard InChI is InChI=1S/C13H16FN3/c14-11-5-4-10-9-17(13(15)12(10)8-11)16-6-2-1-3-7-16/h4-5,8,15H,1-3,6-7,9H2. The van der Waals surface area contributed by atoms with Gasteiger partial charge in [0.05, 0.1) is 6.54 Å². The fourth-order valence-corrected chi connectivity index (χ4v) is 2.65. The Morgan fingerprint density at radius 3 is 2.65 bits per heavy atom. The lowest BCUT2D eigenvalue weighted by atomic mass is 10.1. The molecule has 90 valence electrons. The predicted octanol–water partition coefficient (Wildman–Crippen LogP) is 2.37. The summed E-state index contributed by atoms with van der Waals surface area (Å²) in [7, 11) is 0. The SMILES string of the molecule is N=C1c2cc(F)ccc2CN1N1CCCCC1. The van der Waals surface area contributed by atoms with E-state index in [2.05, 4.69) is 5.01 Å². The first-order valence-electron chi connectivity index (χ1n) is 6.15. The van der Waals surface area contributed by atoms with Crippen LogP contribution in [0.3, 0.4) is 0 Å². The van der Waals surface area contributed by atoms with E-state index in [9.17, 15) is 4.39 Å². The second-order valence-electron chi connectivity index (χ2n) is 4.72. The fraction of sp³-hybridized carbons (Fsp3) is 0.462. The molecule has 4 heteroatoms. The van der Waals surface area contributed by atoms with Crippen molar-refractivity contribution in [2.24, 2.45) is 0 Å². The molecule has 0 unspecified atom stereocenters. The van der Waals surface area contributed by atoms with E-state index in [1.54, 1.807) is 6.07 Å². The predicted molar refractivity (Wildman–Crippen MR) is 64.2 cm³/mol. The van der Waals surface area contributed by atoms with Crippen LogP contribution in [0.25, 0.3) is 0 Å². The van der Waals surface area contributed by atoms with Crippen LogP contribution in [-0.2, 0) is 6.54 Å². The number of piperidine rings is 1. The molecular formula is C13H16FN3. The van der Waals surface area contributed by atoms with Crippen LogP contribution in [0.15, 0.2) is 18.2 Å². The van der Waals surface area contributed by atoms with Crippen molar-refractivity contribution in [1.29, 1.82) is 5.41 Å². The summed E-state index contributed by atoms with van der Waals surface area (Å²) in [5.74, 6) is 0.190. The highest BCUT2D eigenvalue weighted by atomic mass is 19.1. The summed E-state index contributed by atoms with van der Waals surface area (Å²) in [4.78, 5) is 0. The number of halogens is 1. The van der Waals surface area contributed by atoms with Gasteiger partial charge in [-0.3, -0.25) is 10.4 Å². The number of fused-ring (bicyclic) bond motifs is 1. The Balaban J connectivity index is 1.85. The Bertz CT molecular complexity index is 452. The van der Waals surface area contributed by atoms with Crippen molar-refractivity contribution >= 4 is 5.84 Å². The Morgan fingerprint density at radius 1 is 1.12 bits per heavy atom. The first-order valence-corrected chi connectivity index (χ1v) is 6.15. The maximum atomic E-state index is 13.2. The van der Waals surface area contributed by atoms with E-state index in [1.807, 2.05) is 5.01 Å². The summed E-state index contributed by atoms with van der Waals surface area (Å²) in [6.45, 7) is 2.74. The van der Waals surface area contributed by atoms with Crippen LogP contribution in [0.5, 0.6) is 0 Å². The molecule has 0 aromatic heterocycles. The first-order chi connectivity index (χ1) is 8.25. The van der Waals surface area contributed by atoms with Crippen molar-refractivity contribution in [2.45, 2.75) is 25.8 Å². The third-order valence-corrected chi connectivity index (χ3v) is 3.58. The molecule has 1 N–H and O–H groups in total. The van der Waals surface area contributed by atoms with E-state index in [0.29, 0.717) is 12.4 Å². The Kier molecular flexibility index (Phi) is 2.59. The monoisotopic (exact) mass is 233 g/mol. The normalized spacial score (nSPS) is 20.8. The maximum Gasteiger partial charge on any atom is 0.143 e. The van der Waals surface area contributed by atoms with Gasteiger partial charge in [-0.15, -0.1) is 0 Å². The summed E-state index contributed by atoms with van der Waals surface area (Å²) in [5.41, 5.74) is 1.80. The molecule has 1 aromatic rings. The quantitative estimate of drug-likeness (QED) is 0.807. The van der Waals surface area contributed by atoms with Gasteiger partial charge in [-0.1, -0.05) is 12.5 Å². The summed E-state index contributed by atoms with van der Waals surface area (Å²) in [5, 5.41) is 12.4. The second kappa shape index (κ2) is 4.11. The molecule has 2 aliphatic rings. The van der Waals surface area contributed by atoms with Crippen LogP contribution in [-0.4, -0.2) is 28.9 Å². The molecule has 0 saturated carbocycles. The number of benzene rings is 1. The highest BCUT2D eigenvalue weighted by molar-refractivity contribution is 5.99. The van der Waals surface area contributed by atoms with Gasteiger partial charge in [-0.2, -0.15) is 0 Å². The number of hydrogen-bond acceptors (Lipinski definition) is 2. The van der Waals surface area contributed by atoms with E-state index in [0.717, 1.165) is 24.2 Å². The van der Waals surface area contributed by atoms with E-state index in [4.69, 9.17) is 5.41 Å². The van der Waals surface area contributed by atoms with Crippen LogP contribution in [0.1, 0.15) is 30.4 Å². The van der Waals surface area contributed by atoms with Crippen LogP contribution >= 0.6 is 0 Å². The molecule has 0 spiro atoms. The van der Waals surface area contributed by atoms with E-state index in [-0.39, 0.29) is 5.82 Å². The van der Waals surface area contributed by atoms with Gasteiger partial charge in [-0.25, -0.2) is 9.40 Å². The molecule has 0 bridgehead atoms. The molecule has 3 rings (SSSR count). The number of hydrazine groups is 1. The van der Waals surface area contributed by atoms with Crippen LogP contribution in [0, 0.1) is 11.2 Å². The van der Waals surface area contributed by atoms with Crippen molar-refractivity contribution < 1.29 is 4.39 Å². The lowest BCUT2D eigenvalue weighted by molar-refractivity contribution is 0.0235. The molecule has 1 aromatic carbocycles. The zero-order chi connectivity index (χ0) is 11.8. The number of amidine groups is 1. The van der Waals surface area contributed by atoms with Crippen LogP contribution in [0.4, 0.5) is 4.39 Å². The van der Waals surface area contributed by atoms with Gasteiger partial charge in [0.25, 0.3) is 0 Å². The largest absolute Gasteiger partial charge is 0.285 e. The summed E-state index contributed by atoms with van der Waals surface area (Å²) < 4.78 is 13.2. The molecule has 0 amide bonds. The molecule has 1 fully saturated rings. The molecule has 0 atom stereocenters. The zero-order valence-corrected chi connectivity index (χ0v) is 9.75. The highest BCUT2D eigenvalue weighted by Gasteiger charge is 2.29. The van der Waals surface area contributed by atoms with Gasteiger partial charge in [0.2, 0.25) is 0 Å². The maximum absolute atomic E-state index is 13.2. The average molecular weight is 233 g/mol. The number of rotatable bonds is 1. The molecule has 1 saturated heterocycles. The molecule has 2 aliphatic heterocycles. The van der Waals surface area contributed by atoms with Crippen molar-refractivity contribution in [3.05, 3.63) is 35.1 Å². The van der Waals surface area contributed by atoms with Gasteiger partial charge in [-0.05, 0) is 30.5 Å². The van der Waals surface area contributed by atoms with Crippen molar-refractivity contribution in [1.82, 2.24) is 10.0 Å². The minimum atomic E-state index is -0.256. The fourth-order valence-electron chi connectivity index (χ4n) is 2.65. The topological polar surface area (TPSA) is 30.3 Å². The minimum absolute atomic E-state index is 0.256. The second-order valence-corrected chi connectivity index (χ2v) is 4.72. The Hall–Kier alpha value is -1.42. The lowest BCUT2D eigenvalue weighted by Gasteiger charge is -2.35. The van der Waals surface area contributed by atoms with Crippen LogP contribution in [0.2, 0.25) is 0 Å². The number of hydrogen-bond donors (Lipinski definition) is 1. The molecule has 0 radical (unpaired) electrons. The van der Waals surface area contributed by atoms with Gasteiger partial charge < -0.3 is 0 Å². The third-order valence-electron chi connectivity index (χ3n) is 3.58. The Labute approximate surface area is 100 Å². The van der Waals surface area contributed by atoms with Crippen molar-refractivity contribution in [3.63, 3.8) is 0 Å². The first kappa shape index (κ1) is 10.7.